The van der Waals surface area contributed by atoms with Crippen LogP contribution in [0.25, 0.3) is 12.2 Å². The van der Waals surface area contributed by atoms with Crippen molar-refractivity contribution in [2.75, 3.05) is 0 Å². The van der Waals surface area contributed by atoms with Crippen LogP contribution >= 0.6 is 0 Å². The molecule has 0 radical (unpaired) electrons. The zero-order valence-electron chi connectivity index (χ0n) is 14.0. The van der Waals surface area contributed by atoms with Gasteiger partial charge in [0.05, 0.1) is 0 Å². The minimum absolute atomic E-state index is 1.06. The van der Waals surface area contributed by atoms with E-state index in [1.807, 2.05) is 91.9 Å². The first-order valence-electron chi connectivity index (χ1n) is 7.43. The molecule has 0 aliphatic carbocycles. The fraction of sp³-hybridized carbons (Fsp3) is 0.0435. The first-order valence-corrected chi connectivity index (χ1v) is 7.43. The van der Waals surface area contributed by atoms with E-state index in [4.69, 9.17) is 0 Å². The predicted octanol–water partition coefficient (Wildman–Crippen LogP) is 6.96. The van der Waals surface area contributed by atoms with Crippen molar-refractivity contribution in [2.45, 2.75) is 6.92 Å². The zero-order chi connectivity index (χ0) is 17.3. The standard InChI is InChI=1S/2C8H8.C7H10/c2*1-2-8-6-4-3-5-7-8;1-4-5-6-7(2)3/h2*2-7H,1H2;4-6H,1-2H2,3H3. The van der Waals surface area contributed by atoms with E-state index < -0.39 is 0 Å². The lowest BCUT2D eigenvalue weighted by atomic mass is 10.2. The molecule has 0 unspecified atom stereocenters. The second-order valence-electron chi connectivity index (χ2n) is 4.67. The van der Waals surface area contributed by atoms with Crippen molar-refractivity contribution in [1.29, 1.82) is 0 Å². The summed E-state index contributed by atoms with van der Waals surface area (Å²) < 4.78 is 0. The highest BCUT2D eigenvalue weighted by molar-refractivity contribution is 5.46. The van der Waals surface area contributed by atoms with Crippen LogP contribution in [0.2, 0.25) is 0 Å². The topological polar surface area (TPSA) is 0 Å². The van der Waals surface area contributed by atoms with Crippen molar-refractivity contribution < 1.29 is 0 Å². The van der Waals surface area contributed by atoms with E-state index in [-0.39, 0.29) is 0 Å². The van der Waals surface area contributed by atoms with Gasteiger partial charge in [0.15, 0.2) is 0 Å². The fourth-order valence-electron chi connectivity index (χ4n) is 1.41. The van der Waals surface area contributed by atoms with Crippen molar-refractivity contribution in [3.63, 3.8) is 0 Å². The Morgan fingerprint density at radius 3 is 1.30 bits per heavy atom. The van der Waals surface area contributed by atoms with Gasteiger partial charge in [-0.15, -0.1) is 0 Å². The number of allylic oxidation sites excluding steroid dienone is 4. The summed E-state index contributed by atoms with van der Waals surface area (Å²) in [6.45, 7) is 16.4. The minimum atomic E-state index is 1.06. The van der Waals surface area contributed by atoms with Crippen LogP contribution in [0.1, 0.15) is 18.1 Å². The maximum absolute atomic E-state index is 3.66. The average molecular weight is 302 g/mol. The molecule has 23 heavy (non-hydrogen) atoms. The molecule has 0 bridgehead atoms. The van der Waals surface area contributed by atoms with E-state index in [0.29, 0.717) is 0 Å². The van der Waals surface area contributed by atoms with E-state index in [2.05, 4.69) is 26.3 Å². The lowest BCUT2D eigenvalue weighted by Crippen LogP contribution is -1.63. The minimum Gasteiger partial charge on any atom is -0.0991 e. The molecule has 0 spiro atoms. The molecular formula is C23H26. The maximum atomic E-state index is 3.66. The SMILES string of the molecule is C=CC=CC(=C)C.C=Cc1ccccc1.C=Cc1ccccc1. The van der Waals surface area contributed by atoms with E-state index in [0.717, 1.165) is 5.57 Å². The van der Waals surface area contributed by atoms with E-state index in [1.54, 1.807) is 6.08 Å². The summed E-state index contributed by atoms with van der Waals surface area (Å²) in [4.78, 5) is 0. The number of hydrogen-bond acceptors (Lipinski definition) is 0. The van der Waals surface area contributed by atoms with Crippen LogP contribution < -0.4 is 0 Å². The summed E-state index contributed by atoms with van der Waals surface area (Å²) in [5.74, 6) is 0. The van der Waals surface area contributed by atoms with Crippen molar-refractivity contribution in [3.8, 4) is 0 Å². The summed E-state index contributed by atoms with van der Waals surface area (Å²) in [5, 5.41) is 0. The number of benzene rings is 2. The highest BCUT2D eigenvalue weighted by Gasteiger charge is 1.76. The third kappa shape index (κ3) is 12.6. The Bertz CT molecular complexity index is 558. The summed E-state index contributed by atoms with van der Waals surface area (Å²) in [6, 6.07) is 20.1. The molecule has 2 rings (SSSR count). The summed E-state index contributed by atoms with van der Waals surface area (Å²) in [5.41, 5.74) is 3.40. The van der Waals surface area contributed by atoms with E-state index >= 15 is 0 Å². The Kier molecular flexibility index (Phi) is 12.3. The summed E-state index contributed by atoms with van der Waals surface area (Å²) in [6.07, 6.45) is 9.17. The quantitative estimate of drug-likeness (QED) is 0.535. The van der Waals surface area contributed by atoms with Gasteiger partial charge in [0.25, 0.3) is 0 Å². The van der Waals surface area contributed by atoms with Crippen LogP contribution in [-0.2, 0) is 0 Å². The van der Waals surface area contributed by atoms with Crippen LogP contribution in [0.5, 0.6) is 0 Å². The van der Waals surface area contributed by atoms with Gasteiger partial charge in [-0.05, 0) is 18.1 Å². The smallest absolute Gasteiger partial charge is 0.0263 e. The first kappa shape index (κ1) is 20.1. The Morgan fingerprint density at radius 2 is 1.13 bits per heavy atom. The number of hydrogen-bond donors (Lipinski definition) is 0. The van der Waals surface area contributed by atoms with Gasteiger partial charge in [-0.2, -0.15) is 0 Å². The molecule has 0 atom stereocenters. The second kappa shape index (κ2) is 14.1. The lowest BCUT2D eigenvalue weighted by molar-refractivity contribution is 1.56. The average Bonchev–Trinajstić information content (AvgIpc) is 2.62. The molecule has 0 nitrogen and oxygen atoms in total. The number of rotatable bonds is 4. The molecule has 0 heterocycles. The fourth-order valence-corrected chi connectivity index (χ4v) is 1.41. The van der Waals surface area contributed by atoms with Gasteiger partial charge in [0.1, 0.15) is 0 Å². The highest BCUT2D eigenvalue weighted by Crippen LogP contribution is 1.98. The van der Waals surface area contributed by atoms with Gasteiger partial charge in [-0.25, -0.2) is 0 Å². The molecule has 0 N–H and O–H groups in total. The molecule has 0 fully saturated rings. The van der Waals surface area contributed by atoms with Crippen molar-refractivity contribution in [1.82, 2.24) is 0 Å². The molecule has 0 amide bonds. The maximum Gasteiger partial charge on any atom is -0.0263 e. The molecule has 0 aliphatic rings. The lowest BCUT2D eigenvalue weighted by Gasteiger charge is -1.85. The Hall–Kier alpha value is -2.86. The Labute approximate surface area is 141 Å². The van der Waals surface area contributed by atoms with E-state index in [9.17, 15) is 0 Å². The second-order valence-corrected chi connectivity index (χ2v) is 4.67. The van der Waals surface area contributed by atoms with Gasteiger partial charge < -0.3 is 0 Å². The third-order valence-corrected chi connectivity index (χ3v) is 2.59. The zero-order valence-corrected chi connectivity index (χ0v) is 14.0. The molecule has 0 saturated carbocycles. The molecule has 2 aromatic rings. The molecule has 2 aromatic carbocycles. The van der Waals surface area contributed by atoms with Crippen LogP contribution in [0.15, 0.2) is 111 Å². The van der Waals surface area contributed by atoms with Gasteiger partial charge >= 0.3 is 0 Å². The molecule has 0 aromatic heterocycles. The van der Waals surface area contributed by atoms with Gasteiger partial charge in [0.2, 0.25) is 0 Å². The third-order valence-electron chi connectivity index (χ3n) is 2.59. The highest BCUT2D eigenvalue weighted by atomic mass is 13.8. The van der Waals surface area contributed by atoms with Crippen LogP contribution in [0.3, 0.4) is 0 Å². The molecule has 118 valence electrons. The van der Waals surface area contributed by atoms with Crippen molar-refractivity contribution >= 4 is 12.2 Å². The van der Waals surface area contributed by atoms with Gasteiger partial charge in [0, 0.05) is 0 Å². The van der Waals surface area contributed by atoms with Crippen LogP contribution in [-0.4, -0.2) is 0 Å². The molecule has 0 heteroatoms. The molecule has 0 aliphatic heterocycles. The predicted molar refractivity (Wildman–Crippen MR) is 107 cm³/mol. The summed E-state index contributed by atoms with van der Waals surface area (Å²) in [7, 11) is 0. The van der Waals surface area contributed by atoms with Crippen LogP contribution in [0.4, 0.5) is 0 Å². The van der Waals surface area contributed by atoms with E-state index in [1.165, 1.54) is 11.1 Å². The van der Waals surface area contributed by atoms with Crippen LogP contribution in [0, 0.1) is 0 Å². The van der Waals surface area contributed by atoms with Gasteiger partial charge in [-0.3, -0.25) is 0 Å². The Balaban J connectivity index is 0.000000317. The largest absolute Gasteiger partial charge is 0.0991 e. The molecular weight excluding hydrogens is 276 g/mol. The first-order chi connectivity index (χ1) is 11.1. The summed E-state index contributed by atoms with van der Waals surface area (Å²) >= 11 is 0. The van der Waals surface area contributed by atoms with Crippen molar-refractivity contribution in [2.24, 2.45) is 0 Å². The van der Waals surface area contributed by atoms with Crippen molar-refractivity contribution in [3.05, 3.63) is 122 Å². The Morgan fingerprint density at radius 1 is 0.739 bits per heavy atom. The molecule has 0 saturated heterocycles. The normalized spacial score (nSPS) is 8.74. The van der Waals surface area contributed by atoms with Gasteiger partial charge in [-0.1, -0.05) is 123 Å². The monoisotopic (exact) mass is 302 g/mol.